The molecule has 1 aliphatic rings. The van der Waals surface area contributed by atoms with Gasteiger partial charge in [0, 0.05) is 21.3 Å². The zero-order valence-corrected chi connectivity index (χ0v) is 13.2. The number of amides is 1. The second-order valence-corrected chi connectivity index (χ2v) is 6.39. The molecule has 1 amide bonds. The van der Waals surface area contributed by atoms with Gasteiger partial charge in [-0.1, -0.05) is 6.42 Å². The highest BCUT2D eigenvalue weighted by atomic mass is 79.9. The lowest BCUT2D eigenvalue weighted by atomic mass is 9.85. The molecule has 102 valence electrons. The summed E-state index contributed by atoms with van der Waals surface area (Å²) in [5.74, 6) is 0.262. The van der Waals surface area contributed by atoms with Gasteiger partial charge in [-0.15, -0.1) is 23.7 Å². The zero-order chi connectivity index (χ0) is 12.3. The summed E-state index contributed by atoms with van der Waals surface area (Å²) in [5.41, 5.74) is 5.89. The van der Waals surface area contributed by atoms with Gasteiger partial charge in [0.15, 0.2) is 0 Å². The predicted octanol–water partition coefficient (Wildman–Crippen LogP) is 3.07. The van der Waals surface area contributed by atoms with Crippen molar-refractivity contribution in [2.24, 2.45) is 11.7 Å². The van der Waals surface area contributed by atoms with Crippen LogP contribution in [0.4, 0.5) is 0 Å². The quantitative estimate of drug-likeness (QED) is 0.877. The van der Waals surface area contributed by atoms with Crippen LogP contribution in [0.5, 0.6) is 0 Å². The number of hydrogen-bond acceptors (Lipinski definition) is 3. The van der Waals surface area contributed by atoms with Crippen molar-refractivity contribution in [3.8, 4) is 0 Å². The molecule has 0 saturated heterocycles. The van der Waals surface area contributed by atoms with E-state index in [0.29, 0.717) is 6.54 Å². The maximum Gasteiger partial charge on any atom is 0.223 e. The normalized spacial score (nSPS) is 23.2. The first-order valence-corrected chi connectivity index (χ1v) is 7.59. The molecule has 0 spiro atoms. The minimum atomic E-state index is 0. The molecule has 2 unspecified atom stereocenters. The summed E-state index contributed by atoms with van der Waals surface area (Å²) in [6, 6.07) is 2.20. The number of carbonyl (C=O) groups excluding carboxylic acids is 1. The molecule has 2 atom stereocenters. The standard InChI is InChI=1S/C12H17BrN2OS.ClH/c13-10-4-5-17-11(10)7-15-12(16)8-2-1-3-9(14)6-8;/h4-5,8-9H,1-3,6-7,14H2,(H,15,16);1H. The van der Waals surface area contributed by atoms with Gasteiger partial charge >= 0.3 is 0 Å². The average molecular weight is 354 g/mol. The maximum atomic E-state index is 12.0. The minimum Gasteiger partial charge on any atom is -0.351 e. The molecule has 18 heavy (non-hydrogen) atoms. The molecule has 3 N–H and O–H groups in total. The van der Waals surface area contributed by atoms with Crippen molar-refractivity contribution in [1.29, 1.82) is 0 Å². The van der Waals surface area contributed by atoms with Crippen LogP contribution in [0.25, 0.3) is 0 Å². The van der Waals surface area contributed by atoms with Crippen LogP contribution in [0.15, 0.2) is 15.9 Å². The van der Waals surface area contributed by atoms with Crippen LogP contribution in [0.3, 0.4) is 0 Å². The zero-order valence-electron chi connectivity index (χ0n) is 10.0. The third-order valence-corrected chi connectivity index (χ3v) is 5.13. The van der Waals surface area contributed by atoms with E-state index < -0.39 is 0 Å². The van der Waals surface area contributed by atoms with Crippen LogP contribution in [0.2, 0.25) is 0 Å². The molecule has 1 heterocycles. The molecule has 2 rings (SSSR count). The highest BCUT2D eigenvalue weighted by molar-refractivity contribution is 9.10. The molecule has 3 nitrogen and oxygen atoms in total. The molecule has 1 saturated carbocycles. The third kappa shape index (κ3) is 4.23. The van der Waals surface area contributed by atoms with Gasteiger partial charge in [0.05, 0.1) is 6.54 Å². The topological polar surface area (TPSA) is 55.1 Å². The Bertz CT molecular complexity index is 399. The monoisotopic (exact) mass is 352 g/mol. The van der Waals surface area contributed by atoms with Crippen molar-refractivity contribution in [3.63, 3.8) is 0 Å². The second-order valence-electron chi connectivity index (χ2n) is 4.53. The van der Waals surface area contributed by atoms with Crippen LogP contribution in [0, 0.1) is 5.92 Å². The van der Waals surface area contributed by atoms with Gasteiger partial charge in [0.2, 0.25) is 5.91 Å². The van der Waals surface area contributed by atoms with Crippen LogP contribution < -0.4 is 11.1 Å². The van der Waals surface area contributed by atoms with Crippen molar-refractivity contribution in [2.75, 3.05) is 0 Å². The summed E-state index contributed by atoms with van der Waals surface area (Å²) in [4.78, 5) is 13.1. The Morgan fingerprint density at radius 3 is 2.94 bits per heavy atom. The first-order valence-electron chi connectivity index (χ1n) is 5.92. The number of thiophene rings is 1. The Labute approximate surface area is 126 Å². The number of hydrogen-bond donors (Lipinski definition) is 2. The average Bonchev–Trinajstić information content (AvgIpc) is 2.72. The van der Waals surface area contributed by atoms with E-state index in [1.807, 2.05) is 11.4 Å². The second kappa shape index (κ2) is 7.48. The molecule has 1 aromatic heterocycles. The van der Waals surface area contributed by atoms with Crippen molar-refractivity contribution in [1.82, 2.24) is 5.32 Å². The van der Waals surface area contributed by atoms with E-state index in [1.165, 1.54) is 4.88 Å². The van der Waals surface area contributed by atoms with Gasteiger partial charge in [-0.3, -0.25) is 4.79 Å². The van der Waals surface area contributed by atoms with Gasteiger partial charge in [-0.2, -0.15) is 0 Å². The van der Waals surface area contributed by atoms with Crippen molar-refractivity contribution >= 4 is 45.6 Å². The number of rotatable bonds is 3. The van der Waals surface area contributed by atoms with Crippen LogP contribution in [-0.2, 0) is 11.3 Å². The molecule has 0 bridgehead atoms. The molecule has 6 heteroatoms. The molecule has 1 aliphatic carbocycles. The SMILES string of the molecule is Cl.NC1CCCC(C(=O)NCc2sccc2Br)C1. The van der Waals surface area contributed by atoms with Gasteiger partial charge in [-0.25, -0.2) is 0 Å². The van der Waals surface area contributed by atoms with E-state index in [1.54, 1.807) is 11.3 Å². The Morgan fingerprint density at radius 1 is 1.56 bits per heavy atom. The molecular formula is C12H18BrClN2OS. The Morgan fingerprint density at radius 2 is 2.33 bits per heavy atom. The van der Waals surface area contributed by atoms with E-state index in [2.05, 4.69) is 21.2 Å². The lowest BCUT2D eigenvalue weighted by Gasteiger charge is -2.25. The number of carbonyl (C=O) groups is 1. The number of nitrogens with two attached hydrogens (primary N) is 1. The van der Waals surface area contributed by atoms with E-state index in [9.17, 15) is 4.79 Å². The summed E-state index contributed by atoms with van der Waals surface area (Å²) < 4.78 is 1.07. The fourth-order valence-corrected chi connectivity index (χ4v) is 3.66. The molecule has 0 aliphatic heterocycles. The van der Waals surface area contributed by atoms with E-state index in [4.69, 9.17) is 5.73 Å². The molecule has 0 aromatic carbocycles. The van der Waals surface area contributed by atoms with Gasteiger partial charge in [0.25, 0.3) is 0 Å². The van der Waals surface area contributed by atoms with Crippen LogP contribution in [0.1, 0.15) is 30.6 Å². The highest BCUT2D eigenvalue weighted by Crippen LogP contribution is 2.25. The van der Waals surface area contributed by atoms with Gasteiger partial charge < -0.3 is 11.1 Å². The fourth-order valence-electron chi connectivity index (χ4n) is 2.23. The lowest BCUT2D eigenvalue weighted by Crippen LogP contribution is -2.37. The lowest BCUT2D eigenvalue weighted by molar-refractivity contribution is -0.126. The van der Waals surface area contributed by atoms with E-state index >= 15 is 0 Å². The molecule has 1 aromatic rings. The van der Waals surface area contributed by atoms with Crippen LogP contribution in [-0.4, -0.2) is 11.9 Å². The molecule has 1 fully saturated rings. The fraction of sp³-hybridized carbons (Fsp3) is 0.583. The Hall–Kier alpha value is -0.100. The Kier molecular flexibility index (Phi) is 6.63. The third-order valence-electron chi connectivity index (χ3n) is 3.20. The first kappa shape index (κ1) is 16.0. The van der Waals surface area contributed by atoms with Crippen molar-refractivity contribution in [2.45, 2.75) is 38.3 Å². The minimum absolute atomic E-state index is 0. The molecule has 0 radical (unpaired) electrons. The summed E-state index contributed by atoms with van der Waals surface area (Å²) in [6.07, 6.45) is 3.94. The summed E-state index contributed by atoms with van der Waals surface area (Å²) >= 11 is 5.11. The summed E-state index contributed by atoms with van der Waals surface area (Å²) in [6.45, 7) is 0.614. The van der Waals surface area contributed by atoms with Gasteiger partial charge in [-0.05, 0) is 46.6 Å². The smallest absolute Gasteiger partial charge is 0.223 e. The predicted molar refractivity (Wildman–Crippen MR) is 81.0 cm³/mol. The van der Waals surface area contributed by atoms with E-state index in [-0.39, 0.29) is 30.3 Å². The largest absolute Gasteiger partial charge is 0.351 e. The van der Waals surface area contributed by atoms with Crippen molar-refractivity contribution in [3.05, 3.63) is 20.8 Å². The first-order chi connectivity index (χ1) is 8.16. The van der Waals surface area contributed by atoms with Crippen molar-refractivity contribution < 1.29 is 4.79 Å². The summed E-state index contributed by atoms with van der Waals surface area (Å²) in [5, 5.41) is 5.02. The maximum absolute atomic E-state index is 12.0. The van der Waals surface area contributed by atoms with Crippen LogP contribution >= 0.6 is 39.7 Å². The molecular weight excluding hydrogens is 336 g/mol. The Balaban J connectivity index is 0.00000162. The van der Waals surface area contributed by atoms with Gasteiger partial charge in [0.1, 0.15) is 0 Å². The number of halogens is 2. The highest BCUT2D eigenvalue weighted by Gasteiger charge is 2.25. The van der Waals surface area contributed by atoms with E-state index in [0.717, 1.165) is 30.2 Å². The number of nitrogens with one attached hydrogen (secondary N) is 1. The summed E-state index contributed by atoms with van der Waals surface area (Å²) in [7, 11) is 0.